The third-order valence-electron chi connectivity index (χ3n) is 3.49. The summed E-state index contributed by atoms with van der Waals surface area (Å²) >= 11 is 11.7. The molecular formula is C15H21Cl2IN4O. The van der Waals surface area contributed by atoms with Gasteiger partial charge >= 0.3 is 0 Å². The number of hydrogen-bond donors (Lipinski definition) is 2. The first-order valence-electron chi connectivity index (χ1n) is 7.30. The second-order valence-electron chi connectivity index (χ2n) is 5.05. The molecule has 0 unspecified atom stereocenters. The zero-order valence-corrected chi connectivity index (χ0v) is 16.8. The number of nitrogens with zero attached hydrogens (tertiary/aromatic N) is 2. The van der Waals surface area contributed by atoms with Crippen LogP contribution in [0.2, 0.25) is 10.0 Å². The summed E-state index contributed by atoms with van der Waals surface area (Å²) < 4.78 is 0. The Balaban J connectivity index is 0.00000264. The van der Waals surface area contributed by atoms with Gasteiger partial charge in [-0.3, -0.25) is 9.79 Å². The maximum atomic E-state index is 12.0. The van der Waals surface area contributed by atoms with E-state index >= 15 is 0 Å². The van der Waals surface area contributed by atoms with Crippen LogP contribution in [0.15, 0.2) is 23.2 Å². The van der Waals surface area contributed by atoms with Crippen molar-refractivity contribution in [2.45, 2.75) is 12.8 Å². The number of carbonyl (C=O) groups is 1. The summed E-state index contributed by atoms with van der Waals surface area (Å²) in [5, 5.41) is 6.91. The van der Waals surface area contributed by atoms with Crippen LogP contribution in [0, 0.1) is 0 Å². The number of benzene rings is 1. The molecule has 1 amide bonds. The third kappa shape index (κ3) is 6.00. The first-order valence-corrected chi connectivity index (χ1v) is 8.06. The van der Waals surface area contributed by atoms with Gasteiger partial charge in [-0.1, -0.05) is 23.2 Å². The lowest BCUT2D eigenvalue weighted by Crippen LogP contribution is -2.42. The molecule has 5 nitrogen and oxygen atoms in total. The summed E-state index contributed by atoms with van der Waals surface area (Å²) in [6.45, 7) is 3.20. The number of amides is 1. The predicted octanol–water partition coefficient (Wildman–Crippen LogP) is 3.01. The fourth-order valence-corrected chi connectivity index (χ4v) is 2.65. The number of rotatable bonds is 4. The van der Waals surface area contributed by atoms with E-state index in [0.717, 1.165) is 19.0 Å². The smallest absolute Gasteiger partial charge is 0.251 e. The van der Waals surface area contributed by atoms with E-state index in [-0.39, 0.29) is 29.9 Å². The first kappa shape index (κ1) is 20.3. The topological polar surface area (TPSA) is 56.7 Å². The molecular weight excluding hydrogens is 450 g/mol. The van der Waals surface area contributed by atoms with Crippen LogP contribution in [-0.2, 0) is 0 Å². The third-order valence-corrected chi connectivity index (χ3v) is 4.23. The zero-order chi connectivity index (χ0) is 15.9. The quantitative estimate of drug-likeness (QED) is 0.308. The van der Waals surface area contributed by atoms with Gasteiger partial charge in [0.05, 0.1) is 10.0 Å². The van der Waals surface area contributed by atoms with Crippen molar-refractivity contribution >= 4 is 59.0 Å². The minimum absolute atomic E-state index is 0. The normalized spacial score (nSPS) is 14.4. The molecule has 1 aliphatic rings. The summed E-state index contributed by atoms with van der Waals surface area (Å²) in [7, 11) is 1.77. The highest BCUT2D eigenvalue weighted by atomic mass is 127. The maximum absolute atomic E-state index is 12.0. The lowest BCUT2D eigenvalue weighted by atomic mass is 10.2. The Morgan fingerprint density at radius 3 is 2.43 bits per heavy atom. The summed E-state index contributed by atoms with van der Waals surface area (Å²) in [6.07, 6.45) is 2.41. The molecule has 0 aromatic heterocycles. The molecule has 1 saturated heterocycles. The average molecular weight is 471 g/mol. The Kier molecular flexibility index (Phi) is 9.01. The van der Waals surface area contributed by atoms with Crippen molar-refractivity contribution in [3.05, 3.63) is 33.8 Å². The van der Waals surface area contributed by atoms with E-state index in [2.05, 4.69) is 20.5 Å². The van der Waals surface area contributed by atoms with E-state index in [1.54, 1.807) is 25.2 Å². The molecule has 1 heterocycles. The number of aliphatic imine (C=N–C) groups is 1. The SMILES string of the molecule is CN=C(NCCNC(=O)c1ccc(Cl)c(Cl)c1)N1CCCC1.I. The number of likely N-dealkylation sites (tertiary alicyclic amines) is 1. The van der Waals surface area contributed by atoms with Gasteiger partial charge in [0.1, 0.15) is 0 Å². The highest BCUT2D eigenvalue weighted by Gasteiger charge is 2.15. The molecule has 0 spiro atoms. The van der Waals surface area contributed by atoms with Gasteiger partial charge in [0, 0.05) is 38.8 Å². The Hall–Kier alpha value is -0.730. The van der Waals surface area contributed by atoms with Crippen molar-refractivity contribution in [3.63, 3.8) is 0 Å². The van der Waals surface area contributed by atoms with Crippen molar-refractivity contribution in [1.82, 2.24) is 15.5 Å². The van der Waals surface area contributed by atoms with Gasteiger partial charge in [0.15, 0.2) is 5.96 Å². The lowest BCUT2D eigenvalue weighted by Gasteiger charge is -2.20. The Morgan fingerprint density at radius 2 is 1.83 bits per heavy atom. The van der Waals surface area contributed by atoms with Crippen LogP contribution in [-0.4, -0.2) is 50.0 Å². The van der Waals surface area contributed by atoms with Crippen LogP contribution in [0.25, 0.3) is 0 Å². The molecule has 1 aliphatic heterocycles. The minimum atomic E-state index is -0.170. The predicted molar refractivity (Wildman–Crippen MR) is 106 cm³/mol. The molecule has 2 N–H and O–H groups in total. The second kappa shape index (κ2) is 10.2. The van der Waals surface area contributed by atoms with E-state index in [4.69, 9.17) is 23.2 Å². The highest BCUT2D eigenvalue weighted by Crippen LogP contribution is 2.22. The van der Waals surface area contributed by atoms with Crippen molar-refractivity contribution in [2.75, 3.05) is 33.2 Å². The van der Waals surface area contributed by atoms with Gasteiger partial charge in [0.25, 0.3) is 5.91 Å². The zero-order valence-electron chi connectivity index (χ0n) is 12.9. The summed E-state index contributed by atoms with van der Waals surface area (Å²) in [5.74, 6) is 0.720. The van der Waals surface area contributed by atoms with E-state index in [1.807, 2.05) is 0 Å². The number of guanidine groups is 1. The molecule has 23 heavy (non-hydrogen) atoms. The van der Waals surface area contributed by atoms with Crippen LogP contribution in [0.5, 0.6) is 0 Å². The number of carbonyl (C=O) groups excluding carboxylic acids is 1. The van der Waals surface area contributed by atoms with E-state index < -0.39 is 0 Å². The van der Waals surface area contributed by atoms with Gasteiger partial charge in [-0.15, -0.1) is 24.0 Å². The van der Waals surface area contributed by atoms with Gasteiger partial charge in [0.2, 0.25) is 0 Å². The van der Waals surface area contributed by atoms with Crippen molar-refractivity contribution in [2.24, 2.45) is 4.99 Å². The van der Waals surface area contributed by atoms with Crippen molar-refractivity contribution in [1.29, 1.82) is 0 Å². The van der Waals surface area contributed by atoms with Crippen LogP contribution >= 0.6 is 47.2 Å². The van der Waals surface area contributed by atoms with Gasteiger partial charge in [-0.05, 0) is 31.0 Å². The summed E-state index contributed by atoms with van der Waals surface area (Å²) in [6, 6.07) is 4.84. The van der Waals surface area contributed by atoms with Crippen LogP contribution < -0.4 is 10.6 Å². The van der Waals surface area contributed by atoms with Crippen LogP contribution in [0.3, 0.4) is 0 Å². The molecule has 0 aliphatic carbocycles. The van der Waals surface area contributed by atoms with E-state index in [9.17, 15) is 4.79 Å². The monoisotopic (exact) mass is 470 g/mol. The molecule has 1 aromatic rings. The molecule has 0 saturated carbocycles. The van der Waals surface area contributed by atoms with Gasteiger partial charge in [-0.25, -0.2) is 0 Å². The number of halogens is 3. The fourth-order valence-electron chi connectivity index (χ4n) is 2.35. The second-order valence-corrected chi connectivity index (χ2v) is 5.87. The minimum Gasteiger partial charge on any atom is -0.354 e. The van der Waals surface area contributed by atoms with E-state index in [0.29, 0.717) is 28.7 Å². The summed E-state index contributed by atoms with van der Waals surface area (Å²) in [4.78, 5) is 18.5. The standard InChI is InChI=1S/C15H20Cl2N4O.HI/c1-18-15(21-8-2-3-9-21)20-7-6-19-14(22)11-4-5-12(16)13(17)10-11;/h4-5,10H,2-3,6-9H2,1H3,(H,18,20)(H,19,22);1H. The average Bonchev–Trinajstić information content (AvgIpc) is 3.04. The Morgan fingerprint density at radius 1 is 1.17 bits per heavy atom. The molecule has 1 aromatic carbocycles. The van der Waals surface area contributed by atoms with Crippen molar-refractivity contribution in [3.8, 4) is 0 Å². The van der Waals surface area contributed by atoms with Crippen LogP contribution in [0.1, 0.15) is 23.2 Å². The van der Waals surface area contributed by atoms with Gasteiger partial charge in [-0.2, -0.15) is 0 Å². The molecule has 2 rings (SSSR count). The van der Waals surface area contributed by atoms with Gasteiger partial charge < -0.3 is 15.5 Å². The highest BCUT2D eigenvalue weighted by molar-refractivity contribution is 14.0. The Bertz CT molecular complexity index is 562. The maximum Gasteiger partial charge on any atom is 0.251 e. The van der Waals surface area contributed by atoms with E-state index in [1.165, 1.54) is 12.8 Å². The number of hydrogen-bond acceptors (Lipinski definition) is 2. The molecule has 8 heteroatoms. The number of nitrogens with one attached hydrogen (secondary N) is 2. The largest absolute Gasteiger partial charge is 0.354 e. The molecule has 0 atom stereocenters. The fraction of sp³-hybridized carbons (Fsp3) is 0.467. The summed E-state index contributed by atoms with van der Waals surface area (Å²) in [5.41, 5.74) is 0.498. The van der Waals surface area contributed by atoms with Crippen molar-refractivity contribution < 1.29 is 4.79 Å². The first-order chi connectivity index (χ1) is 10.6. The lowest BCUT2D eigenvalue weighted by molar-refractivity contribution is 0.0954. The molecule has 128 valence electrons. The molecule has 0 bridgehead atoms. The molecule has 0 radical (unpaired) electrons. The molecule has 1 fully saturated rings. The Labute approximate surface area is 163 Å². The van der Waals surface area contributed by atoms with Crippen LogP contribution in [0.4, 0.5) is 0 Å².